The Morgan fingerprint density at radius 1 is 1.24 bits per heavy atom. The fraction of sp³-hybridized carbons (Fsp3) is 0.667. The highest BCUT2D eigenvalue weighted by Crippen LogP contribution is 2.20. The first-order valence-electron chi connectivity index (χ1n) is 9.86. The van der Waals surface area contributed by atoms with E-state index in [0.717, 1.165) is 51.0 Å². The van der Waals surface area contributed by atoms with Crippen LogP contribution in [0, 0.1) is 17.7 Å². The first kappa shape index (κ1) is 19.9. The molecule has 0 aliphatic carbocycles. The van der Waals surface area contributed by atoms with E-state index < -0.39 is 0 Å². The molecule has 1 N–H and O–H groups in total. The average molecular weight is 349 g/mol. The third-order valence-corrected chi connectivity index (χ3v) is 5.39. The molecule has 1 aliphatic rings. The summed E-state index contributed by atoms with van der Waals surface area (Å²) in [6.07, 6.45) is 6.64. The van der Waals surface area contributed by atoms with E-state index in [4.69, 9.17) is 0 Å². The van der Waals surface area contributed by atoms with E-state index in [1.54, 1.807) is 0 Å². The van der Waals surface area contributed by atoms with Gasteiger partial charge in [-0.25, -0.2) is 4.39 Å². The van der Waals surface area contributed by atoms with Crippen LogP contribution in [0.2, 0.25) is 0 Å². The summed E-state index contributed by atoms with van der Waals surface area (Å²) >= 11 is 0. The Morgan fingerprint density at radius 2 is 1.92 bits per heavy atom. The van der Waals surface area contributed by atoms with Gasteiger partial charge in [0.1, 0.15) is 5.82 Å². The van der Waals surface area contributed by atoms with Gasteiger partial charge in [-0.3, -0.25) is 9.69 Å². The topological polar surface area (TPSA) is 32.3 Å². The number of benzene rings is 1. The molecule has 1 fully saturated rings. The van der Waals surface area contributed by atoms with Crippen molar-refractivity contribution >= 4 is 5.91 Å². The number of nitrogens with zero attached hydrogens (tertiary/aromatic N) is 1. The monoisotopic (exact) mass is 348 g/mol. The molecule has 1 atom stereocenters. The lowest BCUT2D eigenvalue weighted by Gasteiger charge is -2.31. The van der Waals surface area contributed by atoms with E-state index in [0.29, 0.717) is 5.92 Å². The number of piperidine rings is 1. The quantitative estimate of drug-likeness (QED) is 0.719. The van der Waals surface area contributed by atoms with Crippen LogP contribution >= 0.6 is 0 Å². The molecule has 140 valence electrons. The number of halogens is 1. The van der Waals surface area contributed by atoms with Crippen LogP contribution in [0.15, 0.2) is 24.3 Å². The standard InChI is InChI=1S/C21H33FN2O/c1-3-5-6-17(4-2)15-23-21(25)19-11-13-24(14-12-19)16-18-7-9-20(22)10-8-18/h7-10,17,19H,3-6,11-16H2,1-2H3,(H,23,25)/t17-/m0/s1. The van der Waals surface area contributed by atoms with Gasteiger partial charge < -0.3 is 5.32 Å². The van der Waals surface area contributed by atoms with Crippen LogP contribution in [0.3, 0.4) is 0 Å². The van der Waals surface area contributed by atoms with Gasteiger partial charge in [-0.05, 0) is 56.0 Å². The van der Waals surface area contributed by atoms with E-state index in [9.17, 15) is 9.18 Å². The summed E-state index contributed by atoms with van der Waals surface area (Å²) in [6.45, 7) is 7.95. The molecule has 1 saturated heterocycles. The summed E-state index contributed by atoms with van der Waals surface area (Å²) in [4.78, 5) is 14.8. The summed E-state index contributed by atoms with van der Waals surface area (Å²) in [5.41, 5.74) is 1.13. The molecule has 1 aliphatic heterocycles. The zero-order chi connectivity index (χ0) is 18.1. The molecule has 0 radical (unpaired) electrons. The van der Waals surface area contributed by atoms with E-state index in [-0.39, 0.29) is 17.6 Å². The average Bonchev–Trinajstić information content (AvgIpc) is 2.64. The smallest absolute Gasteiger partial charge is 0.223 e. The Morgan fingerprint density at radius 3 is 2.52 bits per heavy atom. The Bertz CT molecular complexity index is 509. The minimum absolute atomic E-state index is 0.146. The molecule has 25 heavy (non-hydrogen) atoms. The molecule has 0 spiro atoms. The van der Waals surface area contributed by atoms with Crippen molar-refractivity contribution in [1.29, 1.82) is 0 Å². The van der Waals surface area contributed by atoms with Crippen molar-refractivity contribution in [3.05, 3.63) is 35.6 Å². The maximum absolute atomic E-state index is 13.0. The van der Waals surface area contributed by atoms with Crippen LogP contribution in [0.5, 0.6) is 0 Å². The Balaban J connectivity index is 1.69. The van der Waals surface area contributed by atoms with Gasteiger partial charge in [0.15, 0.2) is 0 Å². The molecular weight excluding hydrogens is 315 g/mol. The van der Waals surface area contributed by atoms with Gasteiger partial charge in [0.25, 0.3) is 0 Å². The van der Waals surface area contributed by atoms with Crippen LogP contribution < -0.4 is 5.32 Å². The molecule has 0 saturated carbocycles. The van der Waals surface area contributed by atoms with Gasteiger partial charge in [-0.15, -0.1) is 0 Å². The molecule has 2 rings (SSSR count). The molecule has 0 aromatic heterocycles. The van der Waals surface area contributed by atoms with Crippen molar-refractivity contribution in [3.63, 3.8) is 0 Å². The summed E-state index contributed by atoms with van der Waals surface area (Å²) in [5.74, 6) is 0.801. The molecular formula is C21H33FN2O. The Labute approximate surface area is 152 Å². The van der Waals surface area contributed by atoms with Gasteiger partial charge in [-0.2, -0.15) is 0 Å². The highest BCUT2D eigenvalue weighted by atomic mass is 19.1. The second kappa shape index (κ2) is 10.5. The molecule has 0 unspecified atom stereocenters. The number of hydrogen-bond donors (Lipinski definition) is 1. The lowest BCUT2D eigenvalue weighted by Crippen LogP contribution is -2.41. The fourth-order valence-electron chi connectivity index (χ4n) is 3.53. The predicted octanol–water partition coefficient (Wildman–Crippen LogP) is 4.37. The Hall–Kier alpha value is -1.42. The Kier molecular flexibility index (Phi) is 8.39. The number of unbranched alkanes of at least 4 members (excludes halogenated alkanes) is 1. The van der Waals surface area contributed by atoms with Gasteiger partial charge in [0.05, 0.1) is 0 Å². The van der Waals surface area contributed by atoms with Crippen molar-refractivity contribution < 1.29 is 9.18 Å². The minimum atomic E-state index is -0.191. The first-order chi connectivity index (χ1) is 12.1. The number of carbonyl (C=O) groups is 1. The highest BCUT2D eigenvalue weighted by molar-refractivity contribution is 5.78. The zero-order valence-electron chi connectivity index (χ0n) is 15.8. The van der Waals surface area contributed by atoms with E-state index >= 15 is 0 Å². The van der Waals surface area contributed by atoms with Crippen LogP contribution in [-0.2, 0) is 11.3 Å². The number of likely N-dealkylation sites (tertiary alicyclic amines) is 1. The predicted molar refractivity (Wildman–Crippen MR) is 101 cm³/mol. The third kappa shape index (κ3) is 6.77. The van der Waals surface area contributed by atoms with Gasteiger partial charge in [-0.1, -0.05) is 45.2 Å². The van der Waals surface area contributed by atoms with Crippen molar-refractivity contribution in [2.75, 3.05) is 19.6 Å². The zero-order valence-corrected chi connectivity index (χ0v) is 15.8. The van der Waals surface area contributed by atoms with E-state index in [1.807, 2.05) is 12.1 Å². The summed E-state index contributed by atoms with van der Waals surface area (Å²) in [6, 6.07) is 6.71. The number of rotatable bonds is 9. The number of hydrogen-bond acceptors (Lipinski definition) is 2. The number of carbonyl (C=O) groups excluding carboxylic acids is 1. The summed E-state index contributed by atoms with van der Waals surface area (Å²) in [7, 11) is 0. The maximum atomic E-state index is 13.0. The molecule has 1 heterocycles. The summed E-state index contributed by atoms with van der Waals surface area (Å²) in [5, 5.41) is 3.18. The lowest BCUT2D eigenvalue weighted by molar-refractivity contribution is -0.126. The number of amides is 1. The highest BCUT2D eigenvalue weighted by Gasteiger charge is 2.25. The van der Waals surface area contributed by atoms with Gasteiger partial charge >= 0.3 is 0 Å². The van der Waals surface area contributed by atoms with Crippen LogP contribution in [0.25, 0.3) is 0 Å². The van der Waals surface area contributed by atoms with Crippen molar-refractivity contribution in [3.8, 4) is 0 Å². The largest absolute Gasteiger partial charge is 0.356 e. The number of nitrogens with one attached hydrogen (secondary N) is 1. The second-order valence-electron chi connectivity index (χ2n) is 7.34. The minimum Gasteiger partial charge on any atom is -0.356 e. The molecule has 3 nitrogen and oxygen atoms in total. The first-order valence-corrected chi connectivity index (χ1v) is 9.86. The van der Waals surface area contributed by atoms with E-state index in [1.165, 1.54) is 31.4 Å². The van der Waals surface area contributed by atoms with Crippen molar-refractivity contribution in [1.82, 2.24) is 10.2 Å². The molecule has 1 amide bonds. The maximum Gasteiger partial charge on any atom is 0.223 e. The molecule has 1 aromatic carbocycles. The molecule has 1 aromatic rings. The summed E-state index contributed by atoms with van der Waals surface area (Å²) < 4.78 is 13.0. The van der Waals surface area contributed by atoms with Crippen LogP contribution in [-0.4, -0.2) is 30.4 Å². The van der Waals surface area contributed by atoms with Crippen molar-refractivity contribution in [2.24, 2.45) is 11.8 Å². The lowest BCUT2D eigenvalue weighted by atomic mass is 9.94. The van der Waals surface area contributed by atoms with Gasteiger partial charge in [0.2, 0.25) is 5.91 Å². The second-order valence-corrected chi connectivity index (χ2v) is 7.34. The fourth-order valence-corrected chi connectivity index (χ4v) is 3.53. The van der Waals surface area contributed by atoms with Crippen LogP contribution in [0.1, 0.15) is 57.9 Å². The van der Waals surface area contributed by atoms with E-state index in [2.05, 4.69) is 24.1 Å². The third-order valence-electron chi connectivity index (χ3n) is 5.39. The SMILES string of the molecule is CCCC[C@H](CC)CNC(=O)C1CCN(Cc2ccc(F)cc2)CC1. The molecule has 0 bridgehead atoms. The van der Waals surface area contributed by atoms with Crippen molar-refractivity contribution in [2.45, 2.75) is 58.9 Å². The normalized spacial score (nSPS) is 17.4. The molecule has 4 heteroatoms. The van der Waals surface area contributed by atoms with Crippen LogP contribution in [0.4, 0.5) is 4.39 Å². The van der Waals surface area contributed by atoms with Gasteiger partial charge in [0, 0.05) is 19.0 Å².